The van der Waals surface area contributed by atoms with Crippen LogP contribution in [0.15, 0.2) is 101 Å². The SMILES string of the molecule is Cc1ccc(S(=O)(=O)Nc2ccc(C(=O)Nc3ccc(S(=O)(=O)Nc4cccc(Cl)c4Cl)cc3)cc2)cc1. The molecule has 8 nitrogen and oxygen atoms in total. The van der Waals surface area contributed by atoms with E-state index in [9.17, 15) is 21.6 Å². The minimum Gasteiger partial charge on any atom is -0.322 e. The molecule has 3 N–H and O–H groups in total. The first kappa shape index (κ1) is 27.5. The van der Waals surface area contributed by atoms with Crippen molar-refractivity contribution in [1.82, 2.24) is 0 Å². The summed E-state index contributed by atoms with van der Waals surface area (Å²) >= 11 is 12.0. The summed E-state index contributed by atoms with van der Waals surface area (Å²) < 4.78 is 55.4. The first-order valence-electron chi connectivity index (χ1n) is 11.0. The van der Waals surface area contributed by atoms with Crippen molar-refractivity contribution in [1.29, 1.82) is 0 Å². The molecule has 0 saturated carbocycles. The highest BCUT2D eigenvalue weighted by atomic mass is 35.5. The van der Waals surface area contributed by atoms with Crippen LogP contribution in [0, 0.1) is 6.92 Å². The lowest BCUT2D eigenvalue weighted by molar-refractivity contribution is 0.102. The van der Waals surface area contributed by atoms with Gasteiger partial charge in [0.25, 0.3) is 26.0 Å². The van der Waals surface area contributed by atoms with Crippen LogP contribution in [0.4, 0.5) is 17.1 Å². The zero-order valence-electron chi connectivity index (χ0n) is 19.8. The quantitative estimate of drug-likeness (QED) is 0.227. The lowest BCUT2D eigenvalue weighted by Gasteiger charge is -2.11. The van der Waals surface area contributed by atoms with E-state index in [0.29, 0.717) is 11.4 Å². The molecule has 4 aromatic carbocycles. The Morgan fingerprint density at radius 2 is 1.18 bits per heavy atom. The topological polar surface area (TPSA) is 121 Å². The van der Waals surface area contributed by atoms with Crippen LogP contribution in [0.2, 0.25) is 10.0 Å². The summed E-state index contributed by atoms with van der Waals surface area (Å²) in [5, 5.41) is 2.96. The van der Waals surface area contributed by atoms with Gasteiger partial charge in [-0.1, -0.05) is 47.0 Å². The lowest BCUT2D eigenvalue weighted by Crippen LogP contribution is -2.15. The maximum Gasteiger partial charge on any atom is 0.261 e. The minimum atomic E-state index is -3.95. The average Bonchev–Trinajstić information content (AvgIpc) is 2.87. The molecule has 4 rings (SSSR count). The molecule has 196 valence electrons. The fraction of sp³-hybridized carbons (Fsp3) is 0.0385. The fourth-order valence-corrected chi connectivity index (χ4v) is 5.86. The van der Waals surface area contributed by atoms with Crippen LogP contribution in [0.25, 0.3) is 0 Å². The van der Waals surface area contributed by atoms with Crippen LogP contribution in [0.5, 0.6) is 0 Å². The minimum absolute atomic E-state index is 0.0447. The maximum atomic E-state index is 12.7. The Balaban J connectivity index is 1.41. The summed E-state index contributed by atoms with van der Waals surface area (Å²) in [5.41, 5.74) is 2.01. The normalized spacial score (nSPS) is 11.6. The molecule has 0 unspecified atom stereocenters. The van der Waals surface area contributed by atoms with E-state index in [1.54, 1.807) is 18.2 Å². The molecule has 0 atom stereocenters. The van der Waals surface area contributed by atoms with Gasteiger partial charge in [0.15, 0.2) is 0 Å². The molecule has 1 amide bonds. The van der Waals surface area contributed by atoms with Crippen molar-refractivity contribution in [2.75, 3.05) is 14.8 Å². The highest BCUT2D eigenvalue weighted by molar-refractivity contribution is 7.93. The monoisotopic (exact) mass is 589 g/mol. The van der Waals surface area contributed by atoms with E-state index in [0.717, 1.165) is 5.56 Å². The second-order valence-electron chi connectivity index (χ2n) is 8.18. The molecule has 0 radical (unpaired) electrons. The van der Waals surface area contributed by atoms with Gasteiger partial charge in [0.2, 0.25) is 0 Å². The zero-order chi connectivity index (χ0) is 27.5. The van der Waals surface area contributed by atoms with Gasteiger partial charge in [-0.25, -0.2) is 16.8 Å². The zero-order valence-corrected chi connectivity index (χ0v) is 22.9. The van der Waals surface area contributed by atoms with Crippen molar-refractivity contribution in [2.24, 2.45) is 0 Å². The molecule has 0 fully saturated rings. The highest BCUT2D eigenvalue weighted by Crippen LogP contribution is 2.31. The number of halogens is 2. The maximum absolute atomic E-state index is 12.7. The molecule has 38 heavy (non-hydrogen) atoms. The van der Waals surface area contributed by atoms with Gasteiger partial charge in [-0.15, -0.1) is 0 Å². The van der Waals surface area contributed by atoms with Crippen LogP contribution < -0.4 is 14.8 Å². The van der Waals surface area contributed by atoms with Crippen molar-refractivity contribution < 1.29 is 21.6 Å². The molecular formula is C26H21Cl2N3O5S2. The van der Waals surface area contributed by atoms with Crippen molar-refractivity contribution >= 4 is 66.2 Å². The van der Waals surface area contributed by atoms with Crippen LogP contribution in [-0.4, -0.2) is 22.7 Å². The molecule has 0 aliphatic rings. The molecule has 0 aromatic heterocycles. The van der Waals surface area contributed by atoms with Crippen molar-refractivity contribution in [3.05, 3.63) is 112 Å². The smallest absolute Gasteiger partial charge is 0.261 e. The van der Waals surface area contributed by atoms with Crippen molar-refractivity contribution in [3.8, 4) is 0 Å². The van der Waals surface area contributed by atoms with Gasteiger partial charge in [-0.2, -0.15) is 0 Å². The highest BCUT2D eigenvalue weighted by Gasteiger charge is 2.18. The standard InChI is InChI=1S/C26H21Cl2N3O5S2/c1-17-5-13-21(14-6-17)37(33,34)30-20-9-7-18(8-10-20)26(32)29-19-11-15-22(16-12-19)38(35,36)31-24-4-2-3-23(27)25(24)28/h2-16,30-31H,1H3,(H,29,32). The molecule has 0 spiro atoms. The number of aryl methyl sites for hydroxylation is 1. The van der Waals surface area contributed by atoms with Gasteiger partial charge in [0.05, 0.1) is 25.5 Å². The van der Waals surface area contributed by atoms with Crippen LogP contribution in [0.3, 0.4) is 0 Å². The predicted molar refractivity (Wildman–Crippen MR) is 150 cm³/mol. The number of nitrogens with one attached hydrogen (secondary N) is 3. The summed E-state index contributed by atoms with van der Waals surface area (Å²) in [7, 11) is -7.73. The molecule has 12 heteroatoms. The third-order valence-electron chi connectivity index (χ3n) is 5.35. The van der Waals surface area contributed by atoms with Gasteiger partial charge < -0.3 is 5.32 Å². The Bertz CT molecular complexity index is 1690. The fourth-order valence-electron chi connectivity index (χ4n) is 3.33. The van der Waals surface area contributed by atoms with E-state index >= 15 is 0 Å². The second kappa shape index (κ2) is 11.0. The van der Waals surface area contributed by atoms with Gasteiger partial charge >= 0.3 is 0 Å². The summed E-state index contributed by atoms with van der Waals surface area (Å²) in [6, 6.07) is 22.5. The van der Waals surface area contributed by atoms with E-state index in [-0.39, 0.29) is 31.1 Å². The molecule has 0 bridgehead atoms. The van der Waals surface area contributed by atoms with Crippen molar-refractivity contribution in [2.45, 2.75) is 16.7 Å². The van der Waals surface area contributed by atoms with Gasteiger partial charge in [0.1, 0.15) is 0 Å². The Morgan fingerprint density at radius 3 is 1.79 bits per heavy atom. The first-order chi connectivity index (χ1) is 17.9. The lowest BCUT2D eigenvalue weighted by atomic mass is 10.2. The summed E-state index contributed by atoms with van der Waals surface area (Å²) in [4.78, 5) is 12.7. The Hall–Kier alpha value is -3.57. The summed E-state index contributed by atoms with van der Waals surface area (Å²) in [5.74, 6) is -0.461. The van der Waals surface area contributed by atoms with E-state index in [1.807, 2.05) is 6.92 Å². The molecule has 0 saturated heterocycles. The van der Waals surface area contributed by atoms with Crippen LogP contribution in [-0.2, 0) is 20.0 Å². The Kier molecular flexibility index (Phi) is 7.98. The van der Waals surface area contributed by atoms with Gasteiger partial charge in [0, 0.05) is 16.9 Å². The number of carbonyl (C=O) groups excluding carboxylic acids is 1. The first-order valence-corrected chi connectivity index (χ1v) is 14.7. The van der Waals surface area contributed by atoms with E-state index in [2.05, 4.69) is 14.8 Å². The molecule has 0 aliphatic heterocycles. The number of sulfonamides is 2. The second-order valence-corrected chi connectivity index (χ2v) is 12.3. The molecule has 0 heterocycles. The third kappa shape index (κ3) is 6.46. The molecule has 4 aromatic rings. The van der Waals surface area contributed by atoms with Gasteiger partial charge in [-0.05, 0) is 79.7 Å². The summed E-state index contributed by atoms with van der Waals surface area (Å²) in [6.07, 6.45) is 0. The van der Waals surface area contributed by atoms with Gasteiger partial charge in [-0.3, -0.25) is 14.2 Å². The number of rotatable bonds is 8. The van der Waals surface area contributed by atoms with Crippen LogP contribution >= 0.6 is 23.2 Å². The largest absolute Gasteiger partial charge is 0.322 e. The number of carbonyl (C=O) groups is 1. The number of anilines is 3. The van der Waals surface area contributed by atoms with E-state index in [1.165, 1.54) is 72.8 Å². The number of amides is 1. The third-order valence-corrected chi connectivity index (χ3v) is 8.95. The molecule has 0 aliphatic carbocycles. The van der Waals surface area contributed by atoms with Crippen molar-refractivity contribution in [3.63, 3.8) is 0 Å². The summed E-state index contributed by atoms with van der Waals surface area (Å²) in [6.45, 7) is 1.86. The van der Waals surface area contributed by atoms with Crippen LogP contribution in [0.1, 0.15) is 15.9 Å². The Morgan fingerprint density at radius 1 is 0.658 bits per heavy atom. The predicted octanol–water partition coefficient (Wildman–Crippen LogP) is 6.16. The Labute approximate surface area is 230 Å². The number of hydrogen-bond acceptors (Lipinski definition) is 5. The molecular weight excluding hydrogens is 569 g/mol. The van der Waals surface area contributed by atoms with E-state index < -0.39 is 26.0 Å². The average molecular weight is 591 g/mol. The number of benzene rings is 4. The number of hydrogen-bond donors (Lipinski definition) is 3. The van der Waals surface area contributed by atoms with E-state index in [4.69, 9.17) is 23.2 Å².